The van der Waals surface area contributed by atoms with E-state index in [1.165, 1.54) is 0 Å². The maximum atomic E-state index is 12.4. The van der Waals surface area contributed by atoms with Gasteiger partial charge in [0.1, 0.15) is 6.04 Å². The zero-order valence-electron chi connectivity index (χ0n) is 12.0. The molecule has 4 nitrogen and oxygen atoms in total. The third-order valence-electron chi connectivity index (χ3n) is 3.99. The summed E-state index contributed by atoms with van der Waals surface area (Å²) in [5, 5.41) is 0. The lowest BCUT2D eigenvalue weighted by molar-refractivity contribution is -0.133. The molecule has 1 aromatic heterocycles. The molecule has 104 valence electrons. The van der Waals surface area contributed by atoms with Gasteiger partial charge in [0.15, 0.2) is 5.78 Å². The average Bonchev–Trinajstić information content (AvgIpc) is 2.84. The molecule has 0 radical (unpaired) electrons. The lowest BCUT2D eigenvalue weighted by Gasteiger charge is -2.26. The second kappa shape index (κ2) is 5.59. The third-order valence-corrected chi connectivity index (χ3v) is 3.99. The second-order valence-electron chi connectivity index (χ2n) is 5.05. The van der Waals surface area contributed by atoms with Crippen LogP contribution in [0.15, 0.2) is 12.3 Å². The number of rotatable bonds is 4. The summed E-state index contributed by atoms with van der Waals surface area (Å²) >= 11 is 0. The molecule has 0 spiro atoms. The number of amides is 1. The van der Waals surface area contributed by atoms with Gasteiger partial charge >= 0.3 is 0 Å². The Hall–Kier alpha value is -1.58. The van der Waals surface area contributed by atoms with E-state index in [-0.39, 0.29) is 17.7 Å². The summed E-state index contributed by atoms with van der Waals surface area (Å²) in [6.45, 7) is 7.34. The van der Waals surface area contributed by atoms with Crippen LogP contribution >= 0.6 is 0 Å². The molecule has 1 heterocycles. The lowest BCUT2D eigenvalue weighted by atomic mass is 9.96. The van der Waals surface area contributed by atoms with Gasteiger partial charge < -0.3 is 9.47 Å². The molecule has 0 aliphatic heterocycles. The molecule has 1 aliphatic carbocycles. The van der Waals surface area contributed by atoms with Crippen LogP contribution in [-0.4, -0.2) is 34.2 Å². The Labute approximate surface area is 114 Å². The zero-order valence-corrected chi connectivity index (χ0v) is 12.0. The van der Waals surface area contributed by atoms with Crippen molar-refractivity contribution in [3.05, 3.63) is 23.5 Å². The van der Waals surface area contributed by atoms with Crippen LogP contribution in [0.4, 0.5) is 0 Å². The standard InChI is InChI=1S/C15H22N2O2/c1-4-16(5-2)15(19)11(3)17-10-9-12-13(17)7-6-8-14(12)18/h9-11H,4-8H2,1-3H3. The Kier molecular flexibility index (Phi) is 4.08. The van der Waals surface area contributed by atoms with E-state index in [4.69, 9.17) is 0 Å². The summed E-state index contributed by atoms with van der Waals surface area (Å²) in [7, 11) is 0. The van der Waals surface area contributed by atoms with Gasteiger partial charge in [-0.2, -0.15) is 0 Å². The molecule has 0 N–H and O–H groups in total. The number of carbonyl (C=O) groups is 2. The molecule has 0 aromatic carbocycles. The molecule has 1 amide bonds. The Morgan fingerprint density at radius 1 is 1.37 bits per heavy atom. The van der Waals surface area contributed by atoms with Gasteiger partial charge in [0, 0.05) is 37.0 Å². The van der Waals surface area contributed by atoms with Crippen LogP contribution < -0.4 is 0 Å². The first-order chi connectivity index (χ1) is 9.10. The number of Topliss-reactive ketones (excluding diaryl/α,β-unsaturated/α-hetero) is 1. The minimum absolute atomic E-state index is 0.126. The molecule has 0 bridgehead atoms. The van der Waals surface area contributed by atoms with E-state index >= 15 is 0 Å². The van der Waals surface area contributed by atoms with Crippen molar-refractivity contribution in [1.82, 2.24) is 9.47 Å². The van der Waals surface area contributed by atoms with Crippen LogP contribution in [0.5, 0.6) is 0 Å². The fraction of sp³-hybridized carbons (Fsp3) is 0.600. The first kappa shape index (κ1) is 13.8. The lowest BCUT2D eigenvalue weighted by Crippen LogP contribution is -2.36. The van der Waals surface area contributed by atoms with Gasteiger partial charge in [-0.05, 0) is 39.7 Å². The summed E-state index contributed by atoms with van der Waals surface area (Å²) in [5.41, 5.74) is 1.84. The van der Waals surface area contributed by atoms with Crippen molar-refractivity contribution < 1.29 is 9.59 Å². The summed E-state index contributed by atoms with van der Waals surface area (Å²) in [6.07, 6.45) is 4.31. The summed E-state index contributed by atoms with van der Waals surface area (Å²) in [6, 6.07) is 1.64. The maximum absolute atomic E-state index is 12.4. The van der Waals surface area contributed by atoms with Gasteiger partial charge in [0.05, 0.1) is 0 Å². The van der Waals surface area contributed by atoms with Crippen LogP contribution in [0.25, 0.3) is 0 Å². The number of likely N-dealkylation sites (N-methyl/N-ethyl adjacent to an activating group) is 1. The fourth-order valence-corrected chi connectivity index (χ4v) is 2.83. The highest BCUT2D eigenvalue weighted by Gasteiger charge is 2.26. The van der Waals surface area contributed by atoms with E-state index in [9.17, 15) is 9.59 Å². The van der Waals surface area contributed by atoms with Gasteiger partial charge in [0.2, 0.25) is 5.91 Å². The van der Waals surface area contributed by atoms with Gasteiger partial charge in [0.25, 0.3) is 0 Å². The molecule has 0 fully saturated rings. The Morgan fingerprint density at radius 2 is 2.05 bits per heavy atom. The number of hydrogen-bond donors (Lipinski definition) is 0. The highest BCUT2D eigenvalue weighted by atomic mass is 16.2. The molecule has 2 rings (SSSR count). The van der Waals surface area contributed by atoms with Crippen molar-refractivity contribution >= 4 is 11.7 Å². The fourth-order valence-electron chi connectivity index (χ4n) is 2.83. The molecule has 1 unspecified atom stereocenters. The first-order valence-electron chi connectivity index (χ1n) is 7.11. The Balaban J connectivity index is 2.27. The normalized spacial score (nSPS) is 16.1. The van der Waals surface area contributed by atoms with Crippen molar-refractivity contribution in [1.29, 1.82) is 0 Å². The van der Waals surface area contributed by atoms with Crippen molar-refractivity contribution in [3.8, 4) is 0 Å². The van der Waals surface area contributed by atoms with Gasteiger partial charge in [-0.1, -0.05) is 0 Å². The topological polar surface area (TPSA) is 42.3 Å². The van der Waals surface area contributed by atoms with Crippen LogP contribution in [-0.2, 0) is 11.2 Å². The van der Waals surface area contributed by atoms with E-state index in [0.29, 0.717) is 6.42 Å². The van der Waals surface area contributed by atoms with Crippen molar-refractivity contribution in [2.75, 3.05) is 13.1 Å². The van der Waals surface area contributed by atoms with Gasteiger partial charge in [-0.25, -0.2) is 0 Å². The minimum atomic E-state index is -0.227. The maximum Gasteiger partial charge on any atom is 0.245 e. The van der Waals surface area contributed by atoms with E-state index in [0.717, 1.165) is 37.2 Å². The van der Waals surface area contributed by atoms with Crippen molar-refractivity contribution in [2.45, 2.75) is 46.1 Å². The second-order valence-corrected chi connectivity index (χ2v) is 5.05. The molecule has 1 aliphatic rings. The van der Waals surface area contributed by atoms with Crippen LogP contribution in [0.2, 0.25) is 0 Å². The SMILES string of the molecule is CCN(CC)C(=O)C(C)n1ccc2c1CCCC2=O. The predicted molar refractivity (Wildman–Crippen MR) is 74.3 cm³/mol. The summed E-state index contributed by atoms with van der Waals surface area (Å²) < 4.78 is 1.98. The Morgan fingerprint density at radius 3 is 2.68 bits per heavy atom. The number of ketones is 1. The molecular weight excluding hydrogens is 240 g/mol. The van der Waals surface area contributed by atoms with E-state index in [1.807, 2.05) is 42.5 Å². The quantitative estimate of drug-likeness (QED) is 0.836. The van der Waals surface area contributed by atoms with E-state index in [2.05, 4.69) is 0 Å². The summed E-state index contributed by atoms with van der Waals surface area (Å²) in [4.78, 5) is 26.1. The van der Waals surface area contributed by atoms with Crippen molar-refractivity contribution in [3.63, 3.8) is 0 Å². The molecule has 1 atom stereocenters. The third kappa shape index (κ3) is 2.44. The average molecular weight is 262 g/mol. The highest BCUT2D eigenvalue weighted by molar-refractivity contribution is 5.98. The molecule has 4 heteroatoms. The Bertz CT molecular complexity index is 486. The summed E-state index contributed by atoms with van der Waals surface area (Å²) in [5.74, 6) is 0.337. The number of hydrogen-bond acceptors (Lipinski definition) is 2. The minimum Gasteiger partial charge on any atom is -0.341 e. The molecule has 0 saturated heterocycles. The van der Waals surface area contributed by atoms with Crippen LogP contribution in [0.1, 0.15) is 55.7 Å². The monoisotopic (exact) mass is 262 g/mol. The predicted octanol–water partition coefficient (Wildman–Crippen LogP) is 2.44. The highest BCUT2D eigenvalue weighted by Crippen LogP contribution is 2.25. The zero-order chi connectivity index (χ0) is 14.0. The van der Waals surface area contributed by atoms with Gasteiger partial charge in [-0.3, -0.25) is 9.59 Å². The molecular formula is C15H22N2O2. The number of aromatic nitrogens is 1. The van der Waals surface area contributed by atoms with Gasteiger partial charge in [-0.15, -0.1) is 0 Å². The van der Waals surface area contributed by atoms with Crippen LogP contribution in [0.3, 0.4) is 0 Å². The van der Waals surface area contributed by atoms with Crippen molar-refractivity contribution in [2.24, 2.45) is 0 Å². The number of nitrogens with zero attached hydrogens (tertiary/aromatic N) is 2. The first-order valence-corrected chi connectivity index (χ1v) is 7.11. The number of fused-ring (bicyclic) bond motifs is 1. The smallest absolute Gasteiger partial charge is 0.245 e. The number of carbonyl (C=O) groups excluding carboxylic acids is 2. The molecule has 1 aromatic rings. The van der Waals surface area contributed by atoms with E-state index < -0.39 is 0 Å². The van der Waals surface area contributed by atoms with E-state index in [1.54, 1.807) is 0 Å². The van der Waals surface area contributed by atoms with Crippen LogP contribution in [0, 0.1) is 0 Å². The molecule has 0 saturated carbocycles. The largest absolute Gasteiger partial charge is 0.341 e. The molecule has 19 heavy (non-hydrogen) atoms.